The van der Waals surface area contributed by atoms with Crippen molar-refractivity contribution in [2.24, 2.45) is 0 Å². The van der Waals surface area contributed by atoms with Gasteiger partial charge in [0.1, 0.15) is 6.61 Å². The Balaban J connectivity index is 1.96. The Bertz CT molecular complexity index is 458. The van der Waals surface area contributed by atoms with E-state index in [1.165, 1.54) is 5.56 Å². The van der Waals surface area contributed by atoms with Crippen LogP contribution >= 0.6 is 0 Å². The molecule has 1 aliphatic rings. The predicted octanol–water partition coefficient (Wildman–Crippen LogP) is 1.17. The summed E-state index contributed by atoms with van der Waals surface area (Å²) in [5.41, 5.74) is 2.29. The number of rotatable bonds is 2. The van der Waals surface area contributed by atoms with Crippen LogP contribution in [0.1, 0.15) is 18.1 Å². The third-order valence-corrected chi connectivity index (χ3v) is 3.62. The summed E-state index contributed by atoms with van der Waals surface area (Å²) in [6, 6.07) is 8.92. The molecule has 19 heavy (non-hydrogen) atoms. The third kappa shape index (κ3) is 4.07. The van der Waals surface area contributed by atoms with E-state index in [1.807, 2.05) is 12.1 Å². The molecule has 2 rings (SSSR count). The molecule has 0 bridgehead atoms. The van der Waals surface area contributed by atoms with Gasteiger partial charge in [-0.3, -0.25) is 4.90 Å². The molecule has 0 spiro atoms. The first-order valence-corrected chi connectivity index (χ1v) is 6.80. The van der Waals surface area contributed by atoms with Gasteiger partial charge in [0.05, 0.1) is 0 Å². The van der Waals surface area contributed by atoms with E-state index in [1.54, 1.807) is 0 Å². The number of hydrogen-bond donors (Lipinski definition) is 1. The van der Waals surface area contributed by atoms with Gasteiger partial charge in [-0.15, -0.1) is 0 Å². The fraction of sp³-hybridized carbons (Fsp3) is 0.500. The van der Waals surface area contributed by atoms with Crippen molar-refractivity contribution in [1.29, 1.82) is 0 Å². The molecule has 1 aliphatic heterocycles. The second-order valence-electron chi connectivity index (χ2n) is 5.24. The Morgan fingerprint density at radius 2 is 2.00 bits per heavy atom. The highest BCUT2D eigenvalue weighted by Crippen LogP contribution is 2.13. The van der Waals surface area contributed by atoms with Crippen LogP contribution in [-0.4, -0.2) is 54.2 Å². The lowest BCUT2D eigenvalue weighted by atomic mass is 10.1. The van der Waals surface area contributed by atoms with Crippen LogP contribution in [0.4, 0.5) is 0 Å². The van der Waals surface area contributed by atoms with Crippen LogP contribution in [0.5, 0.6) is 0 Å². The Morgan fingerprint density at radius 1 is 1.26 bits per heavy atom. The minimum Gasteiger partial charge on any atom is -0.384 e. The summed E-state index contributed by atoms with van der Waals surface area (Å²) in [6.45, 7) is 6.62. The smallest absolute Gasteiger partial charge is 0.104 e. The van der Waals surface area contributed by atoms with Gasteiger partial charge in [0, 0.05) is 37.8 Å². The second kappa shape index (κ2) is 6.72. The maximum absolute atomic E-state index is 8.66. The summed E-state index contributed by atoms with van der Waals surface area (Å²) in [4.78, 5) is 4.91. The highest BCUT2D eigenvalue weighted by atomic mass is 16.2. The van der Waals surface area contributed by atoms with Crippen molar-refractivity contribution in [2.75, 3.05) is 33.3 Å². The van der Waals surface area contributed by atoms with Crippen molar-refractivity contribution >= 4 is 0 Å². The third-order valence-electron chi connectivity index (χ3n) is 3.62. The van der Waals surface area contributed by atoms with Crippen LogP contribution < -0.4 is 0 Å². The summed E-state index contributed by atoms with van der Waals surface area (Å²) in [7, 11) is 2.18. The van der Waals surface area contributed by atoms with E-state index in [0.29, 0.717) is 6.04 Å². The first-order chi connectivity index (χ1) is 9.19. The number of aliphatic hydroxyl groups excluding tert-OH is 1. The highest BCUT2D eigenvalue weighted by molar-refractivity contribution is 5.36. The Labute approximate surface area is 115 Å². The standard InChI is InChI=1S/C16H22N2O/c1-14-12-17(2)9-10-18(14)13-16-7-5-15(6-8-16)4-3-11-19/h5-8,14,19H,9-13H2,1-2H3. The first-order valence-electron chi connectivity index (χ1n) is 6.80. The van der Waals surface area contributed by atoms with Gasteiger partial charge in [-0.1, -0.05) is 24.0 Å². The van der Waals surface area contributed by atoms with Gasteiger partial charge in [0.25, 0.3) is 0 Å². The van der Waals surface area contributed by atoms with Crippen LogP contribution in [0.15, 0.2) is 24.3 Å². The van der Waals surface area contributed by atoms with Gasteiger partial charge in [-0.25, -0.2) is 0 Å². The molecule has 0 radical (unpaired) electrons. The van der Waals surface area contributed by atoms with Gasteiger partial charge in [0.2, 0.25) is 0 Å². The fourth-order valence-electron chi connectivity index (χ4n) is 2.48. The predicted molar refractivity (Wildman–Crippen MR) is 77.8 cm³/mol. The molecule has 1 fully saturated rings. The zero-order valence-corrected chi connectivity index (χ0v) is 11.8. The van der Waals surface area contributed by atoms with Crippen molar-refractivity contribution in [3.05, 3.63) is 35.4 Å². The summed E-state index contributed by atoms with van der Waals surface area (Å²) >= 11 is 0. The quantitative estimate of drug-likeness (QED) is 0.807. The molecule has 1 unspecified atom stereocenters. The zero-order chi connectivity index (χ0) is 13.7. The molecule has 1 N–H and O–H groups in total. The number of piperazine rings is 1. The van der Waals surface area contributed by atoms with Crippen molar-refractivity contribution in [1.82, 2.24) is 9.80 Å². The molecule has 1 atom stereocenters. The van der Waals surface area contributed by atoms with Crippen LogP contribution in [0.2, 0.25) is 0 Å². The molecule has 102 valence electrons. The largest absolute Gasteiger partial charge is 0.384 e. The monoisotopic (exact) mass is 258 g/mol. The number of likely N-dealkylation sites (N-methyl/N-ethyl adjacent to an activating group) is 1. The molecule has 0 saturated carbocycles. The van der Waals surface area contributed by atoms with Crippen molar-refractivity contribution in [3.8, 4) is 11.8 Å². The molecule has 0 aromatic heterocycles. The van der Waals surface area contributed by atoms with E-state index in [4.69, 9.17) is 5.11 Å². The number of aliphatic hydroxyl groups is 1. The van der Waals surface area contributed by atoms with Crippen molar-refractivity contribution in [2.45, 2.75) is 19.5 Å². The molecular weight excluding hydrogens is 236 g/mol. The summed E-state index contributed by atoms with van der Waals surface area (Å²) < 4.78 is 0. The van der Waals surface area contributed by atoms with Gasteiger partial charge < -0.3 is 10.0 Å². The summed E-state index contributed by atoms with van der Waals surface area (Å²) in [5, 5.41) is 8.66. The average Bonchev–Trinajstić information content (AvgIpc) is 2.41. The Hall–Kier alpha value is -1.34. The molecule has 1 aromatic carbocycles. The van der Waals surface area contributed by atoms with Crippen LogP contribution in [0.3, 0.4) is 0 Å². The second-order valence-corrected chi connectivity index (χ2v) is 5.24. The van der Waals surface area contributed by atoms with Gasteiger partial charge >= 0.3 is 0 Å². The van der Waals surface area contributed by atoms with E-state index in [-0.39, 0.29) is 6.61 Å². The van der Waals surface area contributed by atoms with Gasteiger partial charge in [-0.2, -0.15) is 0 Å². The first kappa shape index (κ1) is 14.1. The molecule has 1 aromatic rings. The maximum Gasteiger partial charge on any atom is 0.104 e. The highest BCUT2D eigenvalue weighted by Gasteiger charge is 2.20. The Morgan fingerprint density at radius 3 is 2.63 bits per heavy atom. The lowest BCUT2D eigenvalue weighted by Crippen LogP contribution is -2.49. The van der Waals surface area contributed by atoms with E-state index in [0.717, 1.165) is 31.7 Å². The number of benzene rings is 1. The lowest BCUT2D eigenvalue weighted by molar-refractivity contribution is 0.0938. The molecule has 0 aliphatic carbocycles. The Kier molecular flexibility index (Phi) is 4.98. The minimum atomic E-state index is -0.0828. The normalized spacial score (nSPS) is 20.9. The van der Waals surface area contributed by atoms with Crippen LogP contribution in [-0.2, 0) is 6.54 Å². The van der Waals surface area contributed by atoms with Crippen molar-refractivity contribution < 1.29 is 5.11 Å². The summed E-state index contributed by atoms with van der Waals surface area (Å²) in [5.74, 6) is 5.59. The van der Waals surface area contributed by atoms with Crippen molar-refractivity contribution in [3.63, 3.8) is 0 Å². The van der Waals surface area contributed by atoms with E-state index in [2.05, 4.69) is 47.7 Å². The van der Waals surface area contributed by atoms with Gasteiger partial charge in [0.15, 0.2) is 0 Å². The maximum atomic E-state index is 8.66. The van der Waals surface area contributed by atoms with E-state index in [9.17, 15) is 0 Å². The molecular formula is C16H22N2O. The minimum absolute atomic E-state index is 0.0828. The van der Waals surface area contributed by atoms with Crippen LogP contribution in [0.25, 0.3) is 0 Å². The SMILES string of the molecule is CC1CN(C)CCN1Cc1ccc(C#CCO)cc1. The van der Waals surface area contributed by atoms with Gasteiger partial charge in [-0.05, 0) is 31.7 Å². The van der Waals surface area contributed by atoms with Crippen LogP contribution in [0, 0.1) is 11.8 Å². The molecule has 0 amide bonds. The molecule has 3 heteroatoms. The molecule has 3 nitrogen and oxygen atoms in total. The average molecular weight is 258 g/mol. The molecule has 1 saturated heterocycles. The van der Waals surface area contributed by atoms with E-state index < -0.39 is 0 Å². The fourth-order valence-corrected chi connectivity index (χ4v) is 2.48. The summed E-state index contributed by atoms with van der Waals surface area (Å²) in [6.07, 6.45) is 0. The zero-order valence-electron chi connectivity index (χ0n) is 11.8. The number of hydrogen-bond acceptors (Lipinski definition) is 3. The van der Waals surface area contributed by atoms with E-state index >= 15 is 0 Å². The topological polar surface area (TPSA) is 26.7 Å². The lowest BCUT2D eigenvalue weighted by Gasteiger charge is -2.38. The number of nitrogens with zero attached hydrogens (tertiary/aromatic N) is 2. The molecule has 1 heterocycles.